The summed E-state index contributed by atoms with van der Waals surface area (Å²) in [6.45, 7) is 1.19. The SMILES string of the molecule is I.NC(=NCC1(c2c(F)cccc2F)CC1)NCC1CCC1. The largest absolute Gasteiger partial charge is 0.370 e. The Morgan fingerprint density at radius 2 is 1.91 bits per heavy atom. The van der Waals surface area contributed by atoms with E-state index < -0.39 is 17.0 Å². The fraction of sp³-hybridized carbons (Fsp3) is 0.562. The van der Waals surface area contributed by atoms with Gasteiger partial charge in [0.05, 0.1) is 6.54 Å². The molecule has 122 valence electrons. The molecule has 1 aromatic carbocycles. The molecule has 2 aliphatic carbocycles. The van der Waals surface area contributed by atoms with Gasteiger partial charge < -0.3 is 11.1 Å². The lowest BCUT2D eigenvalue weighted by molar-refractivity contribution is 0.315. The van der Waals surface area contributed by atoms with Crippen LogP contribution in [-0.2, 0) is 5.41 Å². The summed E-state index contributed by atoms with van der Waals surface area (Å²) in [7, 11) is 0. The van der Waals surface area contributed by atoms with E-state index in [1.807, 2.05) is 0 Å². The van der Waals surface area contributed by atoms with E-state index in [4.69, 9.17) is 5.73 Å². The van der Waals surface area contributed by atoms with Gasteiger partial charge in [-0.25, -0.2) is 8.78 Å². The summed E-state index contributed by atoms with van der Waals surface area (Å²) in [5, 5.41) is 3.11. The fourth-order valence-corrected chi connectivity index (χ4v) is 2.88. The molecular formula is C16H22F2IN3. The van der Waals surface area contributed by atoms with E-state index in [0.717, 1.165) is 19.4 Å². The molecule has 22 heavy (non-hydrogen) atoms. The van der Waals surface area contributed by atoms with Gasteiger partial charge in [-0.1, -0.05) is 12.5 Å². The maximum atomic E-state index is 13.9. The molecule has 3 N–H and O–H groups in total. The molecule has 2 aliphatic rings. The van der Waals surface area contributed by atoms with Gasteiger partial charge in [-0.15, -0.1) is 24.0 Å². The number of nitrogens with two attached hydrogens (primary N) is 1. The molecule has 2 fully saturated rings. The second kappa shape index (κ2) is 7.10. The molecule has 0 radical (unpaired) electrons. The molecule has 1 aromatic rings. The van der Waals surface area contributed by atoms with Crippen LogP contribution in [0.1, 0.15) is 37.7 Å². The summed E-state index contributed by atoms with van der Waals surface area (Å²) in [5.74, 6) is 0.106. The van der Waals surface area contributed by atoms with Crippen LogP contribution in [0.2, 0.25) is 0 Å². The highest BCUT2D eigenvalue weighted by Crippen LogP contribution is 2.50. The summed E-state index contributed by atoms with van der Waals surface area (Å²) >= 11 is 0. The summed E-state index contributed by atoms with van der Waals surface area (Å²) in [4.78, 5) is 4.30. The monoisotopic (exact) mass is 421 g/mol. The van der Waals surface area contributed by atoms with Gasteiger partial charge >= 0.3 is 0 Å². The Balaban J connectivity index is 0.00000176. The van der Waals surface area contributed by atoms with Crippen LogP contribution in [0.25, 0.3) is 0 Å². The Kier molecular flexibility index (Phi) is 5.63. The molecule has 0 aromatic heterocycles. The van der Waals surface area contributed by atoms with Gasteiger partial charge in [0.2, 0.25) is 0 Å². The normalized spacial score (nSPS) is 20.0. The van der Waals surface area contributed by atoms with Gasteiger partial charge in [0.25, 0.3) is 0 Å². The summed E-state index contributed by atoms with van der Waals surface area (Å²) in [5.41, 5.74) is 5.51. The number of rotatable bonds is 5. The zero-order chi connectivity index (χ0) is 14.9. The van der Waals surface area contributed by atoms with Crippen molar-refractivity contribution in [3.8, 4) is 0 Å². The third kappa shape index (κ3) is 3.70. The summed E-state index contributed by atoms with van der Waals surface area (Å²) in [6.07, 6.45) is 5.28. The average molecular weight is 421 g/mol. The molecule has 6 heteroatoms. The maximum Gasteiger partial charge on any atom is 0.188 e. The van der Waals surface area contributed by atoms with Crippen LogP contribution in [0, 0.1) is 17.6 Å². The predicted molar refractivity (Wildman–Crippen MR) is 94.5 cm³/mol. The van der Waals surface area contributed by atoms with Crippen molar-refractivity contribution in [2.24, 2.45) is 16.6 Å². The zero-order valence-electron chi connectivity index (χ0n) is 12.4. The van der Waals surface area contributed by atoms with Crippen LogP contribution >= 0.6 is 24.0 Å². The van der Waals surface area contributed by atoms with E-state index in [9.17, 15) is 8.78 Å². The molecule has 0 spiro atoms. The standard InChI is InChI=1S/C16H21F2N3.HI/c17-12-5-2-6-13(18)14(12)16(7-8-16)10-21-15(19)20-9-11-3-1-4-11;/h2,5-6,11H,1,3-4,7-10H2,(H3,19,20,21);1H. The van der Waals surface area contributed by atoms with Crippen LogP contribution in [0.3, 0.4) is 0 Å². The Morgan fingerprint density at radius 3 is 2.41 bits per heavy atom. The van der Waals surface area contributed by atoms with Gasteiger partial charge in [0, 0.05) is 17.5 Å². The lowest BCUT2D eigenvalue weighted by Gasteiger charge is -2.25. The molecule has 2 saturated carbocycles. The highest BCUT2D eigenvalue weighted by atomic mass is 127. The van der Waals surface area contributed by atoms with Gasteiger partial charge in [0.15, 0.2) is 5.96 Å². The first-order valence-corrected chi connectivity index (χ1v) is 7.59. The molecule has 3 nitrogen and oxygen atoms in total. The van der Waals surface area contributed by atoms with Crippen molar-refractivity contribution in [2.75, 3.05) is 13.1 Å². The second-order valence-electron chi connectivity index (χ2n) is 6.26. The minimum absolute atomic E-state index is 0. The predicted octanol–water partition coefficient (Wildman–Crippen LogP) is 3.32. The molecule has 0 unspecified atom stereocenters. The Morgan fingerprint density at radius 1 is 1.27 bits per heavy atom. The van der Waals surface area contributed by atoms with Crippen molar-refractivity contribution < 1.29 is 8.78 Å². The highest BCUT2D eigenvalue weighted by Gasteiger charge is 2.47. The highest BCUT2D eigenvalue weighted by molar-refractivity contribution is 14.0. The third-order valence-electron chi connectivity index (χ3n) is 4.70. The summed E-state index contributed by atoms with van der Waals surface area (Å²) < 4.78 is 27.8. The van der Waals surface area contributed by atoms with Crippen molar-refractivity contribution in [1.82, 2.24) is 5.32 Å². The Labute approximate surface area is 146 Å². The number of nitrogens with one attached hydrogen (secondary N) is 1. The van der Waals surface area contributed by atoms with E-state index >= 15 is 0 Å². The van der Waals surface area contributed by atoms with Gasteiger partial charge in [-0.05, 0) is 43.7 Å². The number of halogens is 3. The molecular weight excluding hydrogens is 399 g/mol. The zero-order valence-corrected chi connectivity index (χ0v) is 14.8. The maximum absolute atomic E-state index is 13.9. The van der Waals surface area contributed by atoms with Crippen molar-refractivity contribution in [3.63, 3.8) is 0 Å². The number of nitrogens with zero attached hydrogens (tertiary/aromatic N) is 1. The molecule has 0 amide bonds. The average Bonchev–Trinajstić information content (AvgIpc) is 3.15. The topological polar surface area (TPSA) is 50.4 Å². The van der Waals surface area contributed by atoms with Crippen LogP contribution in [0.4, 0.5) is 8.78 Å². The molecule has 0 bridgehead atoms. The van der Waals surface area contributed by atoms with Crippen molar-refractivity contribution in [1.29, 1.82) is 0 Å². The first kappa shape index (κ1) is 17.4. The number of hydrogen-bond donors (Lipinski definition) is 2. The van der Waals surface area contributed by atoms with Gasteiger partial charge in [-0.3, -0.25) is 4.99 Å². The van der Waals surface area contributed by atoms with Gasteiger partial charge in [0.1, 0.15) is 11.6 Å². The van der Waals surface area contributed by atoms with Crippen molar-refractivity contribution in [2.45, 2.75) is 37.5 Å². The van der Waals surface area contributed by atoms with Crippen LogP contribution in [0.5, 0.6) is 0 Å². The number of guanidine groups is 1. The molecule has 0 heterocycles. The van der Waals surface area contributed by atoms with Crippen molar-refractivity contribution in [3.05, 3.63) is 35.4 Å². The third-order valence-corrected chi connectivity index (χ3v) is 4.70. The van der Waals surface area contributed by atoms with Crippen LogP contribution in [0.15, 0.2) is 23.2 Å². The number of hydrogen-bond acceptors (Lipinski definition) is 1. The van der Waals surface area contributed by atoms with Gasteiger partial charge in [-0.2, -0.15) is 0 Å². The summed E-state index contributed by atoms with van der Waals surface area (Å²) in [6, 6.07) is 4.00. The minimum atomic E-state index is -0.502. The number of aliphatic imine (C=N–C) groups is 1. The number of benzene rings is 1. The van der Waals surface area contributed by atoms with E-state index in [0.29, 0.717) is 18.4 Å². The molecule has 0 saturated heterocycles. The second-order valence-corrected chi connectivity index (χ2v) is 6.26. The lowest BCUT2D eigenvalue weighted by atomic mass is 9.85. The van der Waals surface area contributed by atoms with Crippen molar-refractivity contribution >= 4 is 29.9 Å². The van der Waals surface area contributed by atoms with E-state index in [1.54, 1.807) is 0 Å². The lowest BCUT2D eigenvalue weighted by Crippen LogP contribution is -2.37. The molecule has 3 rings (SSSR count). The quantitative estimate of drug-likeness (QED) is 0.436. The Bertz CT molecular complexity index is 534. The Hall–Kier alpha value is -0.920. The first-order chi connectivity index (χ1) is 10.1. The van der Waals surface area contributed by atoms with E-state index in [1.165, 1.54) is 37.5 Å². The first-order valence-electron chi connectivity index (χ1n) is 7.59. The fourth-order valence-electron chi connectivity index (χ4n) is 2.88. The smallest absolute Gasteiger partial charge is 0.188 e. The van der Waals surface area contributed by atoms with E-state index in [-0.39, 0.29) is 29.5 Å². The van der Waals surface area contributed by atoms with Crippen LogP contribution < -0.4 is 11.1 Å². The molecule has 0 aliphatic heterocycles. The minimum Gasteiger partial charge on any atom is -0.370 e. The molecule has 0 atom stereocenters. The van der Waals surface area contributed by atoms with E-state index in [2.05, 4.69) is 10.3 Å². The van der Waals surface area contributed by atoms with Crippen LogP contribution in [-0.4, -0.2) is 19.0 Å².